The van der Waals surface area contributed by atoms with Crippen LogP contribution in [0.4, 0.5) is 4.39 Å². The lowest BCUT2D eigenvalue weighted by molar-refractivity contribution is 0.0737. The molecule has 0 aromatic heterocycles. The molecule has 0 aliphatic carbocycles. The van der Waals surface area contributed by atoms with Gasteiger partial charge < -0.3 is 10.5 Å². The summed E-state index contributed by atoms with van der Waals surface area (Å²) in [5, 5.41) is -0.151. The standard InChI is InChI=1S/C13H20ClFN2O3S/c1-9(2)20-5-4-17(3)21(18,19)11-6-10(8-16)13(14)12(15)7-11/h6-7,9H,4-5,8,16H2,1-3H3. The van der Waals surface area contributed by atoms with Crippen molar-refractivity contribution in [3.05, 3.63) is 28.5 Å². The molecule has 0 atom stereocenters. The first-order valence-electron chi connectivity index (χ1n) is 6.46. The maximum atomic E-state index is 13.7. The van der Waals surface area contributed by atoms with Gasteiger partial charge in [-0.15, -0.1) is 0 Å². The maximum Gasteiger partial charge on any atom is 0.243 e. The molecule has 8 heteroatoms. The van der Waals surface area contributed by atoms with Gasteiger partial charge in [0.1, 0.15) is 5.82 Å². The topological polar surface area (TPSA) is 72.6 Å². The molecule has 0 saturated heterocycles. The molecule has 1 rings (SSSR count). The summed E-state index contributed by atoms with van der Waals surface area (Å²) >= 11 is 5.73. The number of hydrogen-bond acceptors (Lipinski definition) is 4. The Morgan fingerprint density at radius 1 is 1.43 bits per heavy atom. The Hall–Kier alpha value is -0.730. The van der Waals surface area contributed by atoms with Crippen LogP contribution < -0.4 is 5.73 Å². The Labute approximate surface area is 129 Å². The van der Waals surface area contributed by atoms with Crippen molar-refractivity contribution in [3.63, 3.8) is 0 Å². The van der Waals surface area contributed by atoms with E-state index in [0.29, 0.717) is 0 Å². The van der Waals surface area contributed by atoms with Crippen molar-refractivity contribution in [3.8, 4) is 0 Å². The first kappa shape index (κ1) is 18.3. The van der Waals surface area contributed by atoms with Gasteiger partial charge in [0, 0.05) is 20.1 Å². The highest BCUT2D eigenvalue weighted by Crippen LogP contribution is 2.25. The van der Waals surface area contributed by atoms with Gasteiger partial charge in [0.25, 0.3) is 0 Å². The summed E-state index contributed by atoms with van der Waals surface area (Å²) in [4.78, 5) is -0.170. The predicted molar refractivity (Wildman–Crippen MR) is 80.2 cm³/mol. The van der Waals surface area contributed by atoms with E-state index >= 15 is 0 Å². The summed E-state index contributed by atoms with van der Waals surface area (Å²) in [7, 11) is -2.40. The number of nitrogens with two attached hydrogens (primary N) is 1. The van der Waals surface area contributed by atoms with Crippen LogP contribution >= 0.6 is 11.6 Å². The number of nitrogens with zero attached hydrogens (tertiary/aromatic N) is 1. The molecule has 21 heavy (non-hydrogen) atoms. The smallest absolute Gasteiger partial charge is 0.243 e. The summed E-state index contributed by atoms with van der Waals surface area (Å²) in [5.41, 5.74) is 5.69. The van der Waals surface area contributed by atoms with E-state index in [9.17, 15) is 12.8 Å². The molecule has 0 aliphatic rings. The Morgan fingerprint density at radius 3 is 2.57 bits per heavy atom. The summed E-state index contributed by atoms with van der Waals surface area (Å²) in [6.07, 6.45) is 0.0120. The third-order valence-electron chi connectivity index (χ3n) is 2.86. The highest BCUT2D eigenvalue weighted by Gasteiger charge is 2.23. The molecule has 0 saturated carbocycles. The second kappa shape index (κ2) is 7.51. The van der Waals surface area contributed by atoms with Crippen molar-refractivity contribution in [1.29, 1.82) is 0 Å². The molecule has 1 aromatic rings. The van der Waals surface area contributed by atoms with Gasteiger partial charge in [0.15, 0.2) is 0 Å². The van der Waals surface area contributed by atoms with Crippen molar-refractivity contribution in [1.82, 2.24) is 4.31 Å². The molecule has 120 valence electrons. The molecule has 0 aliphatic heterocycles. The van der Waals surface area contributed by atoms with Crippen LogP contribution in [0.1, 0.15) is 19.4 Å². The van der Waals surface area contributed by atoms with Crippen LogP contribution in [0.2, 0.25) is 5.02 Å². The number of ether oxygens (including phenoxy) is 1. The second-order valence-corrected chi connectivity index (χ2v) is 7.25. The first-order valence-corrected chi connectivity index (χ1v) is 8.28. The van der Waals surface area contributed by atoms with Crippen LogP contribution in [-0.2, 0) is 21.3 Å². The zero-order valence-electron chi connectivity index (χ0n) is 12.3. The molecular weight excluding hydrogens is 319 g/mol. The summed E-state index contributed by atoms with van der Waals surface area (Å²) in [6, 6.07) is 2.19. The zero-order chi connectivity index (χ0) is 16.2. The number of sulfonamides is 1. The highest BCUT2D eigenvalue weighted by molar-refractivity contribution is 7.89. The quantitative estimate of drug-likeness (QED) is 0.825. The van der Waals surface area contributed by atoms with Crippen molar-refractivity contribution >= 4 is 21.6 Å². The minimum Gasteiger partial charge on any atom is -0.377 e. The lowest BCUT2D eigenvalue weighted by Crippen LogP contribution is -2.31. The van der Waals surface area contributed by atoms with Crippen LogP contribution in [0.5, 0.6) is 0 Å². The molecule has 1 aromatic carbocycles. The van der Waals surface area contributed by atoms with Crippen LogP contribution in [-0.4, -0.2) is 39.0 Å². The van der Waals surface area contributed by atoms with E-state index in [4.69, 9.17) is 22.1 Å². The lowest BCUT2D eigenvalue weighted by Gasteiger charge is -2.19. The third-order valence-corrected chi connectivity index (χ3v) is 5.12. The summed E-state index contributed by atoms with van der Waals surface area (Å²) < 4.78 is 44.8. The molecule has 0 fully saturated rings. The van der Waals surface area contributed by atoms with Gasteiger partial charge in [-0.25, -0.2) is 12.8 Å². The monoisotopic (exact) mass is 338 g/mol. The Kier molecular flexibility index (Phi) is 6.55. The zero-order valence-corrected chi connectivity index (χ0v) is 13.8. The van der Waals surface area contributed by atoms with Crippen LogP contribution in [0, 0.1) is 5.82 Å². The summed E-state index contributed by atoms with van der Waals surface area (Å²) in [5.74, 6) is -0.801. The van der Waals surface area contributed by atoms with Gasteiger partial charge in [-0.3, -0.25) is 0 Å². The van der Waals surface area contributed by atoms with Gasteiger partial charge in [0.2, 0.25) is 10.0 Å². The van der Waals surface area contributed by atoms with Gasteiger partial charge in [-0.2, -0.15) is 4.31 Å². The van der Waals surface area contributed by atoms with E-state index in [0.717, 1.165) is 10.4 Å². The SMILES string of the molecule is CC(C)OCCN(C)S(=O)(=O)c1cc(F)c(Cl)c(CN)c1. The van der Waals surface area contributed by atoms with Crippen molar-refractivity contribution in [2.24, 2.45) is 5.73 Å². The average molecular weight is 339 g/mol. The van der Waals surface area contributed by atoms with E-state index in [1.807, 2.05) is 13.8 Å². The molecule has 0 spiro atoms. The van der Waals surface area contributed by atoms with Gasteiger partial charge in [-0.1, -0.05) is 11.6 Å². The first-order chi connectivity index (χ1) is 9.70. The molecule has 0 amide bonds. The number of benzene rings is 1. The number of likely N-dealkylation sites (N-methyl/N-ethyl adjacent to an activating group) is 1. The van der Waals surface area contributed by atoms with Gasteiger partial charge in [0.05, 0.1) is 22.6 Å². The van der Waals surface area contributed by atoms with E-state index in [1.165, 1.54) is 13.1 Å². The van der Waals surface area contributed by atoms with Gasteiger partial charge >= 0.3 is 0 Å². The normalized spacial score (nSPS) is 12.4. The number of hydrogen-bond donors (Lipinski definition) is 1. The molecule has 0 unspecified atom stereocenters. The molecular formula is C13H20ClFN2O3S. The Balaban J connectivity index is 2.99. The number of rotatable bonds is 7. The van der Waals surface area contributed by atoms with Crippen LogP contribution in [0.3, 0.4) is 0 Å². The average Bonchev–Trinajstić information content (AvgIpc) is 2.40. The molecule has 0 heterocycles. The fourth-order valence-corrected chi connectivity index (χ4v) is 3.04. The van der Waals surface area contributed by atoms with Crippen LogP contribution in [0.25, 0.3) is 0 Å². The van der Waals surface area contributed by atoms with E-state index in [2.05, 4.69) is 0 Å². The minimum atomic E-state index is -3.81. The fraction of sp³-hybridized carbons (Fsp3) is 0.538. The van der Waals surface area contributed by atoms with E-state index < -0.39 is 15.8 Å². The Bertz CT molecular complexity index is 593. The number of halogens is 2. The van der Waals surface area contributed by atoms with Gasteiger partial charge in [-0.05, 0) is 31.5 Å². The van der Waals surface area contributed by atoms with Crippen molar-refractivity contribution in [2.75, 3.05) is 20.2 Å². The van der Waals surface area contributed by atoms with Crippen molar-refractivity contribution in [2.45, 2.75) is 31.4 Å². The third kappa shape index (κ3) is 4.62. The van der Waals surface area contributed by atoms with E-state index in [-0.39, 0.29) is 41.3 Å². The molecule has 5 nitrogen and oxygen atoms in total. The van der Waals surface area contributed by atoms with E-state index in [1.54, 1.807) is 0 Å². The Morgan fingerprint density at radius 2 is 2.05 bits per heavy atom. The largest absolute Gasteiger partial charge is 0.377 e. The summed E-state index contributed by atoms with van der Waals surface area (Å²) in [6.45, 7) is 4.10. The molecule has 0 bridgehead atoms. The lowest BCUT2D eigenvalue weighted by atomic mass is 10.2. The molecule has 0 radical (unpaired) electrons. The minimum absolute atomic E-state index is 0.0120. The molecule has 2 N–H and O–H groups in total. The fourth-order valence-electron chi connectivity index (χ4n) is 1.63. The van der Waals surface area contributed by atoms with Crippen LogP contribution in [0.15, 0.2) is 17.0 Å². The second-order valence-electron chi connectivity index (χ2n) is 4.83. The maximum absolute atomic E-state index is 13.7. The van der Waals surface area contributed by atoms with Crippen molar-refractivity contribution < 1.29 is 17.5 Å². The highest BCUT2D eigenvalue weighted by atomic mass is 35.5. The predicted octanol–water partition coefficient (Wildman–Crippen LogP) is 1.98.